The van der Waals surface area contributed by atoms with Crippen LogP contribution in [0.2, 0.25) is 0 Å². The van der Waals surface area contributed by atoms with Gasteiger partial charge in [0.15, 0.2) is 6.04 Å². The average molecular weight is 767 g/mol. The second kappa shape index (κ2) is 14.7. The molecule has 1 N–H and O–H groups in total. The molecular formula is C44H38N4O7S. The van der Waals surface area contributed by atoms with Gasteiger partial charge in [0.1, 0.15) is 12.4 Å². The van der Waals surface area contributed by atoms with Crippen LogP contribution in [-0.2, 0) is 60.7 Å². The van der Waals surface area contributed by atoms with Crippen LogP contribution in [-0.4, -0.2) is 41.8 Å². The highest BCUT2D eigenvalue weighted by Gasteiger charge is 2.51. The zero-order chi connectivity index (χ0) is 39.0. The van der Waals surface area contributed by atoms with Crippen LogP contribution in [0.1, 0.15) is 46.7 Å². The van der Waals surface area contributed by atoms with Crippen LogP contribution in [0.5, 0.6) is 0 Å². The minimum Gasteiger partial charge on any atom is -0.457 e. The van der Waals surface area contributed by atoms with Crippen LogP contribution in [0.3, 0.4) is 0 Å². The zero-order valence-corrected chi connectivity index (χ0v) is 31.6. The molecule has 0 amide bonds. The lowest BCUT2D eigenvalue weighted by Gasteiger charge is -2.36. The zero-order valence-electron chi connectivity index (χ0n) is 30.8. The number of aryl methyl sites for hydroxylation is 1. The quantitative estimate of drug-likeness (QED) is 0.0989. The number of amidine groups is 1. The van der Waals surface area contributed by atoms with Gasteiger partial charge in [-0.15, -0.1) is 0 Å². The Morgan fingerprint density at radius 1 is 0.929 bits per heavy atom. The second-order valence-electron chi connectivity index (χ2n) is 14.0. The Kier molecular flexibility index (Phi) is 9.59. The van der Waals surface area contributed by atoms with E-state index >= 15 is 0 Å². The van der Waals surface area contributed by atoms with E-state index in [4.69, 9.17) is 19.5 Å². The maximum atomic E-state index is 14.6. The number of cyclic esters (lactones) is 1. The molecular weight excluding hydrogens is 729 g/mol. The standard InChI is InChI=1S/C44H38N4O7S/c1-3-44(35-25-38-40-32(24-31-16-10-11-17-36(31)46-40)26-48(38)41(49)34(35)27-54-43(44)51)55-42(50)37(22-29-12-6-4-7-13-29)45-39(23-30-14-8-5-9-15-30)47-56(52,53)33-20-18-28(2)19-21-33/h4-21,24-25,37H,3,22-23,26-27H2,1-2H3,(H,45,47)/t37?,44-/m0/s1. The number of carbonyl (C=O) groups is 2. The molecule has 2 aliphatic heterocycles. The van der Waals surface area contributed by atoms with E-state index < -0.39 is 33.6 Å². The number of hydrogen-bond donors (Lipinski definition) is 1. The van der Waals surface area contributed by atoms with Gasteiger partial charge in [0.05, 0.1) is 33.9 Å². The van der Waals surface area contributed by atoms with E-state index in [-0.39, 0.29) is 59.8 Å². The number of aliphatic imine (C=N–C) groups is 1. The minimum absolute atomic E-state index is 0.00204. The summed E-state index contributed by atoms with van der Waals surface area (Å²) in [5, 5.41) is 0.935. The van der Waals surface area contributed by atoms with Gasteiger partial charge in [0.25, 0.3) is 15.6 Å². The SMILES string of the molecule is CC[C@@]1(OC(=O)C(Cc2ccccc2)N=C(Cc2ccccc2)NS(=O)(=O)c2ccc(C)cc2)C(=O)OCc2c1cc1n(c2=O)Cc2cc3ccccc3nc2-1. The van der Waals surface area contributed by atoms with Gasteiger partial charge in [-0.25, -0.2) is 23.0 Å². The van der Waals surface area contributed by atoms with Crippen molar-refractivity contribution in [2.24, 2.45) is 4.99 Å². The van der Waals surface area contributed by atoms with E-state index in [9.17, 15) is 22.8 Å². The third-order valence-corrected chi connectivity index (χ3v) is 11.7. The molecule has 12 heteroatoms. The van der Waals surface area contributed by atoms with Crippen LogP contribution in [0.25, 0.3) is 22.3 Å². The van der Waals surface area contributed by atoms with Crippen molar-refractivity contribution in [2.75, 3.05) is 0 Å². The number of benzene rings is 4. The fraction of sp³-hybridized carbons (Fsp3) is 0.205. The van der Waals surface area contributed by atoms with Crippen molar-refractivity contribution in [1.29, 1.82) is 0 Å². The molecule has 0 saturated carbocycles. The number of aromatic nitrogens is 2. The lowest BCUT2D eigenvalue weighted by atomic mass is 9.85. The number of para-hydroxylation sites is 1. The number of hydrogen-bond acceptors (Lipinski definition) is 9. The molecule has 0 radical (unpaired) electrons. The number of pyridine rings is 2. The normalized spacial score (nSPS) is 16.7. The van der Waals surface area contributed by atoms with Crippen molar-refractivity contribution in [1.82, 2.24) is 14.3 Å². The van der Waals surface area contributed by atoms with Gasteiger partial charge in [-0.3, -0.25) is 14.5 Å². The predicted molar refractivity (Wildman–Crippen MR) is 211 cm³/mol. The van der Waals surface area contributed by atoms with Crippen molar-refractivity contribution in [2.45, 2.75) is 62.8 Å². The molecule has 4 heterocycles. The van der Waals surface area contributed by atoms with E-state index in [0.29, 0.717) is 11.4 Å². The third-order valence-electron chi connectivity index (χ3n) is 10.3. The molecule has 11 nitrogen and oxygen atoms in total. The Labute approximate surface area is 323 Å². The molecule has 0 fully saturated rings. The van der Waals surface area contributed by atoms with Crippen molar-refractivity contribution >= 4 is 38.7 Å². The molecule has 0 aliphatic carbocycles. The third kappa shape index (κ3) is 6.88. The van der Waals surface area contributed by atoms with Gasteiger partial charge in [-0.1, -0.05) is 103 Å². The first-order chi connectivity index (χ1) is 27.0. The Bertz CT molecular complexity index is 2700. The maximum absolute atomic E-state index is 14.6. The first-order valence-electron chi connectivity index (χ1n) is 18.3. The number of rotatable bonds is 10. The predicted octanol–water partition coefficient (Wildman–Crippen LogP) is 6.17. The van der Waals surface area contributed by atoms with E-state index in [1.807, 2.05) is 97.9 Å². The fourth-order valence-electron chi connectivity index (χ4n) is 7.36. The molecule has 0 bridgehead atoms. The molecule has 282 valence electrons. The number of ether oxygens (including phenoxy) is 2. The smallest absolute Gasteiger partial charge is 0.355 e. The summed E-state index contributed by atoms with van der Waals surface area (Å²) >= 11 is 0. The Morgan fingerprint density at radius 3 is 2.32 bits per heavy atom. The Balaban J connectivity index is 1.21. The largest absolute Gasteiger partial charge is 0.457 e. The molecule has 0 spiro atoms. The second-order valence-corrected chi connectivity index (χ2v) is 15.7. The van der Waals surface area contributed by atoms with Crippen molar-refractivity contribution in [3.8, 4) is 11.4 Å². The molecule has 6 aromatic rings. The minimum atomic E-state index is -4.13. The monoisotopic (exact) mass is 766 g/mol. The highest BCUT2D eigenvalue weighted by atomic mass is 32.2. The van der Waals surface area contributed by atoms with Crippen LogP contribution in [0.15, 0.2) is 136 Å². The van der Waals surface area contributed by atoms with Crippen molar-refractivity contribution in [3.05, 3.63) is 165 Å². The summed E-state index contributed by atoms with van der Waals surface area (Å²) in [6, 6.07) is 34.7. The molecule has 2 aromatic heterocycles. The van der Waals surface area contributed by atoms with E-state index in [1.54, 1.807) is 29.7 Å². The summed E-state index contributed by atoms with van der Waals surface area (Å²) in [7, 11) is -4.13. The van der Waals surface area contributed by atoms with Gasteiger partial charge >= 0.3 is 11.9 Å². The molecule has 0 saturated heterocycles. The van der Waals surface area contributed by atoms with Crippen LogP contribution >= 0.6 is 0 Å². The maximum Gasteiger partial charge on any atom is 0.355 e. The van der Waals surface area contributed by atoms with E-state index in [0.717, 1.165) is 33.2 Å². The Morgan fingerprint density at radius 2 is 1.61 bits per heavy atom. The van der Waals surface area contributed by atoms with Crippen LogP contribution in [0.4, 0.5) is 0 Å². The molecule has 56 heavy (non-hydrogen) atoms. The molecule has 2 atom stereocenters. The average Bonchev–Trinajstić information content (AvgIpc) is 3.56. The topological polar surface area (TPSA) is 146 Å². The first-order valence-corrected chi connectivity index (χ1v) is 19.8. The van der Waals surface area contributed by atoms with Gasteiger partial charge < -0.3 is 14.0 Å². The molecule has 8 rings (SSSR count). The highest BCUT2D eigenvalue weighted by molar-refractivity contribution is 7.90. The summed E-state index contributed by atoms with van der Waals surface area (Å²) in [5.74, 6) is -1.72. The number of esters is 2. The molecule has 1 unspecified atom stereocenters. The van der Waals surface area contributed by atoms with Crippen molar-refractivity contribution in [3.63, 3.8) is 0 Å². The summed E-state index contributed by atoms with van der Waals surface area (Å²) < 4.78 is 43.6. The molecule has 4 aromatic carbocycles. The Hall–Kier alpha value is -6.40. The van der Waals surface area contributed by atoms with E-state index in [1.165, 1.54) is 12.1 Å². The van der Waals surface area contributed by atoms with Gasteiger partial charge in [-0.05, 0) is 54.8 Å². The number of nitrogens with zero attached hydrogens (tertiary/aromatic N) is 3. The lowest BCUT2D eigenvalue weighted by Crippen LogP contribution is -2.49. The van der Waals surface area contributed by atoms with Gasteiger partial charge in [0.2, 0.25) is 5.60 Å². The highest BCUT2D eigenvalue weighted by Crippen LogP contribution is 2.41. The summed E-state index contributed by atoms with van der Waals surface area (Å²) in [5.41, 5.74) is 3.16. The number of nitrogens with one attached hydrogen (secondary N) is 1. The van der Waals surface area contributed by atoms with Crippen LogP contribution < -0.4 is 10.3 Å². The van der Waals surface area contributed by atoms with Gasteiger partial charge in [0, 0.05) is 29.4 Å². The fourth-order valence-corrected chi connectivity index (χ4v) is 8.41. The number of carbonyl (C=O) groups excluding carboxylic acids is 2. The summed E-state index contributed by atoms with van der Waals surface area (Å²) in [4.78, 5) is 52.4. The number of sulfonamides is 1. The van der Waals surface area contributed by atoms with Crippen LogP contribution in [0, 0.1) is 6.92 Å². The first kappa shape index (κ1) is 36.6. The summed E-state index contributed by atoms with van der Waals surface area (Å²) in [6.07, 6.45) is 0.00555. The van der Waals surface area contributed by atoms with Gasteiger partial charge in [-0.2, -0.15) is 0 Å². The number of fused-ring (bicyclic) bond motifs is 5. The lowest BCUT2D eigenvalue weighted by molar-refractivity contribution is -0.190. The van der Waals surface area contributed by atoms with Crippen molar-refractivity contribution < 1.29 is 27.5 Å². The molecule has 2 aliphatic rings. The van der Waals surface area contributed by atoms with E-state index in [2.05, 4.69) is 4.72 Å². The summed E-state index contributed by atoms with van der Waals surface area (Å²) in [6.45, 7) is 3.54.